The summed E-state index contributed by atoms with van der Waals surface area (Å²) in [6.07, 6.45) is 5.96. The van der Waals surface area contributed by atoms with Crippen LogP contribution in [0.4, 0.5) is 0 Å². The lowest BCUT2D eigenvalue weighted by Crippen LogP contribution is -2.21. The van der Waals surface area contributed by atoms with Crippen LogP contribution in [0.15, 0.2) is 34.6 Å². The van der Waals surface area contributed by atoms with Crippen molar-refractivity contribution < 1.29 is 14.2 Å². The molecule has 0 amide bonds. The Balaban J connectivity index is 2.49. The molecule has 0 aliphatic carbocycles. The Morgan fingerprint density at radius 3 is 2.32 bits per heavy atom. The van der Waals surface area contributed by atoms with Gasteiger partial charge in [0.2, 0.25) is 5.75 Å². The van der Waals surface area contributed by atoms with Gasteiger partial charge in [-0.3, -0.25) is 4.79 Å². The molecule has 2 rings (SSSR count). The zero-order chi connectivity index (χ0) is 20.5. The summed E-state index contributed by atoms with van der Waals surface area (Å²) < 4.78 is 19.3. The lowest BCUT2D eigenvalue weighted by Gasteiger charge is -2.17. The Morgan fingerprint density at radius 2 is 1.68 bits per heavy atom. The first-order valence-corrected chi connectivity index (χ1v) is 10.2. The largest absolute Gasteiger partial charge is 0.494 e. The summed E-state index contributed by atoms with van der Waals surface area (Å²) in [4.78, 5) is 13.0. The van der Waals surface area contributed by atoms with Crippen molar-refractivity contribution >= 4 is 10.9 Å². The summed E-state index contributed by atoms with van der Waals surface area (Å²) >= 11 is 0. The maximum atomic E-state index is 13.0. The van der Waals surface area contributed by atoms with Crippen molar-refractivity contribution in [3.8, 4) is 17.2 Å². The first kappa shape index (κ1) is 21.9. The Morgan fingerprint density at radius 1 is 1.00 bits per heavy atom. The monoisotopic (exact) mass is 387 g/mol. The van der Waals surface area contributed by atoms with Gasteiger partial charge in [0.05, 0.1) is 18.7 Å². The second-order valence-electron chi connectivity index (χ2n) is 7.20. The fraction of sp³-hybridized carbons (Fsp3) is 0.522. The Hall–Kier alpha value is -2.43. The summed E-state index contributed by atoms with van der Waals surface area (Å²) in [6, 6.07) is 5.78. The van der Waals surface area contributed by atoms with Gasteiger partial charge in [-0.15, -0.1) is 0 Å². The number of hydrogen-bond acceptors (Lipinski definition) is 4. The highest BCUT2D eigenvalue weighted by Crippen LogP contribution is 2.34. The van der Waals surface area contributed by atoms with Crippen molar-refractivity contribution in [3.05, 3.63) is 40.2 Å². The predicted octanol–water partition coefficient (Wildman–Crippen LogP) is 5.24. The van der Waals surface area contributed by atoms with E-state index >= 15 is 0 Å². The van der Waals surface area contributed by atoms with Gasteiger partial charge in [0, 0.05) is 18.5 Å². The molecule has 0 saturated carbocycles. The summed E-state index contributed by atoms with van der Waals surface area (Å²) in [6.45, 7) is 9.79. The number of nitrogens with zero attached hydrogens (tertiary/aromatic N) is 1. The molecule has 0 fully saturated rings. The van der Waals surface area contributed by atoms with Crippen molar-refractivity contribution in [2.75, 3.05) is 19.8 Å². The van der Waals surface area contributed by atoms with Gasteiger partial charge < -0.3 is 18.8 Å². The van der Waals surface area contributed by atoms with Crippen molar-refractivity contribution in [3.63, 3.8) is 0 Å². The number of aromatic nitrogens is 1. The maximum Gasteiger partial charge on any atom is 0.297 e. The van der Waals surface area contributed by atoms with Crippen molar-refractivity contribution in [1.29, 1.82) is 0 Å². The zero-order valence-corrected chi connectivity index (χ0v) is 17.8. The number of allylic oxidation sites excluding steroid dienone is 1. The topological polar surface area (TPSA) is 49.7 Å². The van der Waals surface area contributed by atoms with Crippen LogP contribution in [0, 0.1) is 0 Å². The molecule has 0 unspecified atom stereocenters. The Bertz CT molecular complexity index is 863. The quantitative estimate of drug-likeness (QED) is 0.391. The highest BCUT2D eigenvalue weighted by molar-refractivity contribution is 5.89. The minimum Gasteiger partial charge on any atom is -0.494 e. The van der Waals surface area contributed by atoms with Crippen LogP contribution in [0.1, 0.15) is 53.4 Å². The third-order valence-electron chi connectivity index (χ3n) is 4.51. The molecule has 2 aromatic rings. The SMILES string of the molecule is CCCCOc1ccc2c(OCCCC)c(OCC=C(C)C)c(=O)n(C)c2c1. The van der Waals surface area contributed by atoms with Gasteiger partial charge in [-0.25, -0.2) is 0 Å². The second kappa shape index (κ2) is 10.8. The molecule has 0 atom stereocenters. The van der Waals surface area contributed by atoms with Crippen LogP contribution in [-0.2, 0) is 7.05 Å². The van der Waals surface area contributed by atoms with Gasteiger partial charge in [0.25, 0.3) is 5.56 Å². The normalized spacial score (nSPS) is 10.8. The average molecular weight is 388 g/mol. The number of pyridine rings is 1. The summed E-state index contributed by atoms with van der Waals surface area (Å²) in [5, 5.41) is 0.855. The predicted molar refractivity (Wildman–Crippen MR) is 115 cm³/mol. The summed E-state index contributed by atoms with van der Waals surface area (Å²) in [5.74, 6) is 1.55. The number of hydrogen-bond donors (Lipinski definition) is 0. The molecule has 1 aromatic heterocycles. The smallest absolute Gasteiger partial charge is 0.297 e. The maximum absolute atomic E-state index is 13.0. The van der Waals surface area contributed by atoms with E-state index < -0.39 is 0 Å². The molecular formula is C23H33NO4. The van der Waals surface area contributed by atoms with Crippen LogP contribution in [0.2, 0.25) is 0 Å². The number of unbranched alkanes of at least 4 members (excludes halogenated alkanes) is 2. The van der Waals surface area contributed by atoms with E-state index in [1.165, 1.54) is 0 Å². The van der Waals surface area contributed by atoms with Gasteiger partial charge >= 0.3 is 0 Å². The van der Waals surface area contributed by atoms with Crippen molar-refractivity contribution in [2.24, 2.45) is 7.05 Å². The minimum atomic E-state index is -0.202. The average Bonchev–Trinajstić information content (AvgIpc) is 2.67. The first-order chi connectivity index (χ1) is 13.5. The molecule has 1 aromatic carbocycles. The number of ether oxygens (including phenoxy) is 3. The molecule has 1 heterocycles. The van der Waals surface area contributed by atoms with E-state index in [1.807, 2.05) is 38.1 Å². The molecule has 5 nitrogen and oxygen atoms in total. The van der Waals surface area contributed by atoms with Crippen LogP contribution in [0.5, 0.6) is 17.2 Å². The van der Waals surface area contributed by atoms with Gasteiger partial charge in [0.1, 0.15) is 12.4 Å². The first-order valence-electron chi connectivity index (χ1n) is 10.2. The molecule has 154 valence electrons. The molecule has 28 heavy (non-hydrogen) atoms. The zero-order valence-electron chi connectivity index (χ0n) is 17.8. The van der Waals surface area contributed by atoms with E-state index in [9.17, 15) is 4.79 Å². The number of rotatable bonds is 11. The molecule has 0 bridgehead atoms. The molecule has 5 heteroatoms. The Labute approximate surface area is 167 Å². The third-order valence-corrected chi connectivity index (χ3v) is 4.51. The minimum absolute atomic E-state index is 0.202. The third kappa shape index (κ3) is 5.54. The molecule has 0 N–H and O–H groups in total. The molecule has 0 radical (unpaired) electrons. The lowest BCUT2D eigenvalue weighted by atomic mass is 10.1. The van der Waals surface area contributed by atoms with Gasteiger partial charge in [-0.1, -0.05) is 32.3 Å². The molecule has 0 aliphatic heterocycles. The fourth-order valence-corrected chi connectivity index (χ4v) is 2.77. The van der Waals surface area contributed by atoms with E-state index in [4.69, 9.17) is 14.2 Å². The van der Waals surface area contributed by atoms with E-state index in [-0.39, 0.29) is 11.3 Å². The molecule has 0 saturated heterocycles. The van der Waals surface area contributed by atoms with E-state index in [0.29, 0.717) is 25.6 Å². The number of fused-ring (bicyclic) bond motifs is 1. The van der Waals surface area contributed by atoms with Crippen LogP contribution >= 0.6 is 0 Å². The lowest BCUT2D eigenvalue weighted by molar-refractivity contribution is 0.278. The Kier molecular flexibility index (Phi) is 8.42. The van der Waals surface area contributed by atoms with Crippen molar-refractivity contribution in [1.82, 2.24) is 4.57 Å². The second-order valence-corrected chi connectivity index (χ2v) is 7.20. The summed E-state index contributed by atoms with van der Waals surface area (Å²) in [7, 11) is 1.75. The van der Waals surface area contributed by atoms with Gasteiger partial charge in [-0.2, -0.15) is 0 Å². The van der Waals surface area contributed by atoms with Gasteiger partial charge in [0.15, 0.2) is 5.75 Å². The van der Waals surface area contributed by atoms with Crippen LogP contribution in [0.25, 0.3) is 10.9 Å². The molecular weight excluding hydrogens is 354 g/mol. The fourth-order valence-electron chi connectivity index (χ4n) is 2.77. The van der Waals surface area contributed by atoms with Crippen LogP contribution in [-0.4, -0.2) is 24.4 Å². The number of benzene rings is 1. The van der Waals surface area contributed by atoms with Crippen LogP contribution < -0.4 is 19.8 Å². The van der Waals surface area contributed by atoms with E-state index in [0.717, 1.165) is 47.9 Å². The van der Waals surface area contributed by atoms with E-state index in [1.54, 1.807) is 11.6 Å². The van der Waals surface area contributed by atoms with Crippen molar-refractivity contribution in [2.45, 2.75) is 53.4 Å². The highest BCUT2D eigenvalue weighted by Gasteiger charge is 2.18. The van der Waals surface area contributed by atoms with Gasteiger partial charge in [-0.05, 0) is 44.9 Å². The van der Waals surface area contributed by atoms with Crippen LogP contribution in [0.3, 0.4) is 0 Å². The molecule has 0 spiro atoms. The number of aryl methyl sites for hydroxylation is 1. The highest BCUT2D eigenvalue weighted by atomic mass is 16.5. The molecule has 0 aliphatic rings. The summed E-state index contributed by atoms with van der Waals surface area (Å²) in [5.41, 5.74) is 1.71. The van der Waals surface area contributed by atoms with E-state index in [2.05, 4.69) is 13.8 Å². The standard InChI is InChI=1S/C23H33NO4/c1-6-8-13-26-18-10-11-19-20(16-18)24(5)23(25)22(28-15-12-17(3)4)21(19)27-14-9-7-2/h10-12,16H,6-9,13-15H2,1-5H3.